The minimum Gasteiger partial charge on any atom is -0.493 e. The fraction of sp³-hybridized carbons (Fsp3) is 0.500. The molecule has 1 fully saturated rings. The van der Waals surface area contributed by atoms with Crippen LogP contribution in [0.25, 0.3) is 0 Å². The molecule has 1 saturated heterocycles. The molecule has 0 amide bonds. The van der Waals surface area contributed by atoms with Crippen LogP contribution in [0, 0.1) is 23.1 Å². The number of hydrogen-bond acceptors (Lipinski definition) is 3. The molecule has 3 nitrogen and oxygen atoms in total. The Labute approximate surface area is 119 Å². The third-order valence-corrected chi connectivity index (χ3v) is 3.31. The number of ether oxygens (including phenoxy) is 1. The molecule has 0 unspecified atom stereocenters. The Hall–Kier alpha value is -1.31. The molecule has 1 aromatic carbocycles. The molecule has 0 atom stereocenters. The minimum atomic E-state index is -0.517. The number of piperidine rings is 1. The number of hydrogen-bond donors (Lipinski definition) is 1. The average Bonchev–Trinajstić information content (AvgIpc) is 2.40. The van der Waals surface area contributed by atoms with Crippen LogP contribution >= 0.6 is 12.4 Å². The van der Waals surface area contributed by atoms with E-state index in [4.69, 9.17) is 10.00 Å². The van der Waals surface area contributed by atoms with Crippen LogP contribution in [-0.2, 0) is 0 Å². The quantitative estimate of drug-likeness (QED) is 0.925. The SMILES string of the molecule is Cl.N#Cc1ccc(OCCC2CCNCC2)cc1F. The van der Waals surface area contributed by atoms with Gasteiger partial charge in [0.15, 0.2) is 0 Å². The first-order chi connectivity index (χ1) is 8.79. The molecule has 5 heteroatoms. The lowest BCUT2D eigenvalue weighted by Gasteiger charge is -2.22. The number of nitrogens with zero attached hydrogens (tertiary/aromatic N) is 1. The van der Waals surface area contributed by atoms with E-state index in [0.717, 1.165) is 19.5 Å². The molecule has 0 bridgehead atoms. The third kappa shape index (κ3) is 4.70. The smallest absolute Gasteiger partial charge is 0.144 e. The summed E-state index contributed by atoms with van der Waals surface area (Å²) in [6.45, 7) is 2.77. The number of rotatable bonds is 4. The summed E-state index contributed by atoms with van der Waals surface area (Å²) < 4.78 is 18.8. The van der Waals surface area contributed by atoms with Crippen LogP contribution in [-0.4, -0.2) is 19.7 Å². The molecule has 1 aliphatic heterocycles. The fourth-order valence-corrected chi connectivity index (χ4v) is 2.19. The number of benzene rings is 1. The van der Waals surface area contributed by atoms with Gasteiger partial charge in [0.2, 0.25) is 0 Å². The Morgan fingerprint density at radius 1 is 1.37 bits per heavy atom. The van der Waals surface area contributed by atoms with E-state index in [1.54, 1.807) is 12.1 Å². The first-order valence-electron chi connectivity index (χ1n) is 6.33. The van der Waals surface area contributed by atoms with Crippen molar-refractivity contribution in [3.8, 4) is 11.8 Å². The lowest BCUT2D eigenvalue weighted by Crippen LogP contribution is -2.28. The Kier molecular flexibility index (Phi) is 6.61. The van der Waals surface area contributed by atoms with Crippen molar-refractivity contribution in [3.63, 3.8) is 0 Å². The Bertz CT molecular complexity index is 442. The van der Waals surface area contributed by atoms with Crippen LogP contribution in [0.3, 0.4) is 0 Å². The Morgan fingerprint density at radius 2 is 2.11 bits per heavy atom. The second-order valence-electron chi connectivity index (χ2n) is 4.58. The van der Waals surface area contributed by atoms with Crippen molar-refractivity contribution in [1.29, 1.82) is 5.26 Å². The van der Waals surface area contributed by atoms with Gasteiger partial charge in [0.25, 0.3) is 0 Å². The van der Waals surface area contributed by atoms with E-state index in [1.165, 1.54) is 25.0 Å². The second-order valence-corrected chi connectivity index (χ2v) is 4.58. The van der Waals surface area contributed by atoms with Crippen molar-refractivity contribution in [2.24, 2.45) is 5.92 Å². The molecule has 0 aromatic heterocycles. The maximum atomic E-state index is 13.3. The van der Waals surface area contributed by atoms with Gasteiger partial charge in [0.1, 0.15) is 17.6 Å². The highest BCUT2D eigenvalue weighted by molar-refractivity contribution is 5.85. The van der Waals surface area contributed by atoms with Gasteiger partial charge in [-0.1, -0.05) is 0 Å². The van der Waals surface area contributed by atoms with Gasteiger partial charge in [0.05, 0.1) is 12.2 Å². The molecular weight excluding hydrogens is 267 g/mol. The molecule has 1 aliphatic rings. The van der Waals surface area contributed by atoms with Crippen molar-refractivity contribution < 1.29 is 9.13 Å². The predicted molar refractivity (Wildman–Crippen MR) is 74.1 cm³/mol. The maximum absolute atomic E-state index is 13.3. The highest BCUT2D eigenvalue weighted by Crippen LogP contribution is 2.19. The van der Waals surface area contributed by atoms with Crippen molar-refractivity contribution in [3.05, 3.63) is 29.6 Å². The zero-order valence-electron chi connectivity index (χ0n) is 10.7. The molecule has 0 saturated carbocycles. The molecule has 1 heterocycles. The molecule has 0 spiro atoms. The molecule has 104 valence electrons. The van der Waals surface area contributed by atoms with Gasteiger partial charge < -0.3 is 10.1 Å². The highest BCUT2D eigenvalue weighted by Gasteiger charge is 2.12. The number of nitriles is 1. The molecular formula is C14H18ClFN2O. The zero-order chi connectivity index (χ0) is 12.8. The van der Waals surface area contributed by atoms with E-state index in [1.807, 2.05) is 0 Å². The van der Waals surface area contributed by atoms with Crippen LogP contribution in [0.15, 0.2) is 18.2 Å². The van der Waals surface area contributed by atoms with Crippen LogP contribution < -0.4 is 10.1 Å². The topological polar surface area (TPSA) is 45.0 Å². The largest absolute Gasteiger partial charge is 0.493 e. The summed E-state index contributed by atoms with van der Waals surface area (Å²) in [7, 11) is 0. The highest BCUT2D eigenvalue weighted by atomic mass is 35.5. The van der Waals surface area contributed by atoms with Crippen LogP contribution in [0.4, 0.5) is 4.39 Å². The molecule has 2 rings (SSSR count). The summed E-state index contributed by atoms with van der Waals surface area (Å²) in [5.41, 5.74) is 0.0562. The fourth-order valence-electron chi connectivity index (χ4n) is 2.19. The summed E-state index contributed by atoms with van der Waals surface area (Å²) in [5.74, 6) is 0.687. The standard InChI is InChI=1S/C14H17FN2O.ClH/c15-14-9-13(2-1-12(14)10-16)18-8-5-11-3-6-17-7-4-11;/h1-2,9,11,17H,3-8H2;1H. The Balaban J connectivity index is 0.00000180. The molecule has 19 heavy (non-hydrogen) atoms. The monoisotopic (exact) mass is 284 g/mol. The summed E-state index contributed by atoms with van der Waals surface area (Å²) in [6.07, 6.45) is 3.37. The number of nitrogens with one attached hydrogen (secondary N) is 1. The van der Waals surface area contributed by atoms with Crippen LogP contribution in [0.1, 0.15) is 24.8 Å². The van der Waals surface area contributed by atoms with Gasteiger partial charge in [0, 0.05) is 6.07 Å². The van der Waals surface area contributed by atoms with Gasteiger partial charge in [-0.15, -0.1) is 12.4 Å². The molecule has 1 N–H and O–H groups in total. The van der Waals surface area contributed by atoms with Crippen molar-refractivity contribution >= 4 is 12.4 Å². The van der Waals surface area contributed by atoms with Crippen LogP contribution in [0.2, 0.25) is 0 Å². The van der Waals surface area contributed by atoms with Gasteiger partial charge in [-0.25, -0.2) is 4.39 Å². The Morgan fingerprint density at radius 3 is 2.74 bits per heavy atom. The van der Waals surface area contributed by atoms with E-state index < -0.39 is 5.82 Å². The van der Waals surface area contributed by atoms with E-state index in [-0.39, 0.29) is 18.0 Å². The van der Waals surface area contributed by atoms with E-state index in [0.29, 0.717) is 18.3 Å². The lowest BCUT2D eigenvalue weighted by atomic mass is 9.95. The van der Waals surface area contributed by atoms with Gasteiger partial charge in [-0.3, -0.25) is 0 Å². The average molecular weight is 285 g/mol. The zero-order valence-corrected chi connectivity index (χ0v) is 11.5. The van der Waals surface area contributed by atoms with Crippen molar-refractivity contribution in [2.75, 3.05) is 19.7 Å². The maximum Gasteiger partial charge on any atom is 0.144 e. The molecule has 0 radical (unpaired) electrons. The van der Waals surface area contributed by atoms with Gasteiger partial charge >= 0.3 is 0 Å². The minimum absolute atomic E-state index is 0. The normalized spacial score (nSPS) is 15.4. The van der Waals surface area contributed by atoms with Crippen LogP contribution in [0.5, 0.6) is 5.75 Å². The summed E-state index contributed by atoms with van der Waals surface area (Å²) in [4.78, 5) is 0. The van der Waals surface area contributed by atoms with Gasteiger partial charge in [-0.05, 0) is 50.4 Å². The van der Waals surface area contributed by atoms with E-state index >= 15 is 0 Å². The predicted octanol–water partition coefficient (Wildman–Crippen LogP) is 2.89. The molecule has 0 aliphatic carbocycles. The summed E-state index contributed by atoms with van der Waals surface area (Å²) in [5, 5.41) is 11.9. The first-order valence-corrected chi connectivity index (χ1v) is 6.33. The van der Waals surface area contributed by atoms with E-state index in [2.05, 4.69) is 5.32 Å². The molecule has 1 aromatic rings. The second kappa shape index (κ2) is 7.98. The lowest BCUT2D eigenvalue weighted by molar-refractivity contribution is 0.251. The van der Waals surface area contributed by atoms with Crippen molar-refractivity contribution in [2.45, 2.75) is 19.3 Å². The summed E-state index contributed by atoms with van der Waals surface area (Å²) >= 11 is 0. The van der Waals surface area contributed by atoms with Gasteiger partial charge in [-0.2, -0.15) is 5.26 Å². The third-order valence-electron chi connectivity index (χ3n) is 3.31. The first kappa shape index (κ1) is 15.7. The van der Waals surface area contributed by atoms with Crippen molar-refractivity contribution in [1.82, 2.24) is 5.32 Å². The number of halogens is 2. The van der Waals surface area contributed by atoms with E-state index in [9.17, 15) is 4.39 Å². The summed E-state index contributed by atoms with van der Waals surface area (Å²) in [6, 6.07) is 6.17.